The molecular weight excluding hydrogens is 360 g/mol. The number of ether oxygens (including phenoxy) is 1. The fourth-order valence-corrected chi connectivity index (χ4v) is 5.58. The average Bonchev–Trinajstić information content (AvgIpc) is 2.80. The van der Waals surface area contributed by atoms with Crippen LogP contribution in [0.3, 0.4) is 0 Å². The third kappa shape index (κ3) is 5.82. The molecule has 1 atom stereocenters. The zero-order valence-electron chi connectivity index (χ0n) is 17.9. The minimum Gasteiger partial charge on any atom is -0.381 e. The third-order valence-electron chi connectivity index (χ3n) is 7.43. The summed E-state index contributed by atoms with van der Waals surface area (Å²) >= 11 is 0. The predicted octanol–water partition coefficient (Wildman–Crippen LogP) is 4.36. The molecule has 160 valence electrons. The van der Waals surface area contributed by atoms with E-state index in [1.165, 1.54) is 44.2 Å². The van der Waals surface area contributed by atoms with Crippen LogP contribution in [0.5, 0.6) is 0 Å². The number of likely N-dealkylation sites (tertiary alicyclic amines) is 1. The van der Waals surface area contributed by atoms with Crippen molar-refractivity contribution in [3.05, 3.63) is 35.9 Å². The first kappa shape index (κ1) is 20.9. The maximum Gasteiger partial charge on any atom is 0.223 e. The summed E-state index contributed by atoms with van der Waals surface area (Å²) in [6.45, 7) is 4.86. The van der Waals surface area contributed by atoms with Crippen LogP contribution in [-0.4, -0.2) is 49.7 Å². The van der Waals surface area contributed by atoms with Crippen LogP contribution in [0.25, 0.3) is 0 Å². The minimum absolute atomic E-state index is 0.163. The molecule has 1 aromatic carbocycles. The molecule has 1 unspecified atom stereocenters. The van der Waals surface area contributed by atoms with Gasteiger partial charge in [-0.25, -0.2) is 0 Å². The number of nitrogens with one attached hydrogen (secondary N) is 1. The highest BCUT2D eigenvalue weighted by molar-refractivity contribution is 5.79. The van der Waals surface area contributed by atoms with Crippen LogP contribution in [-0.2, 0) is 9.53 Å². The lowest BCUT2D eigenvalue weighted by Crippen LogP contribution is -2.48. The summed E-state index contributed by atoms with van der Waals surface area (Å²) in [5.41, 5.74) is 1.52. The Morgan fingerprint density at radius 2 is 1.66 bits per heavy atom. The number of amides is 1. The molecule has 0 bridgehead atoms. The summed E-state index contributed by atoms with van der Waals surface area (Å²) in [4.78, 5) is 15.2. The topological polar surface area (TPSA) is 41.6 Å². The standard InChI is InChI=1S/C25H38N2O2/c28-25(22-13-17-29-18-14-22)26-23-11-15-27(16-12-23)19-24(20-7-3-1-4-8-20)21-9-5-2-6-10-21/h1,3-4,7-8,21-24H,2,5-6,9-19H2,(H,26,28). The van der Waals surface area contributed by atoms with Crippen LogP contribution in [0.15, 0.2) is 30.3 Å². The van der Waals surface area contributed by atoms with E-state index in [4.69, 9.17) is 4.74 Å². The quantitative estimate of drug-likeness (QED) is 0.774. The molecule has 4 nitrogen and oxygen atoms in total. The summed E-state index contributed by atoms with van der Waals surface area (Å²) in [5, 5.41) is 3.34. The van der Waals surface area contributed by atoms with Gasteiger partial charge < -0.3 is 15.0 Å². The van der Waals surface area contributed by atoms with E-state index >= 15 is 0 Å². The minimum atomic E-state index is 0.163. The molecule has 1 amide bonds. The molecule has 2 saturated heterocycles. The second-order valence-corrected chi connectivity index (χ2v) is 9.39. The van der Waals surface area contributed by atoms with Gasteiger partial charge in [-0.15, -0.1) is 0 Å². The normalized spacial score (nSPS) is 24.3. The second kappa shape index (κ2) is 10.6. The Labute approximate surface area is 176 Å². The Bertz CT molecular complexity index is 615. The van der Waals surface area contributed by atoms with Crippen molar-refractivity contribution in [3.8, 4) is 0 Å². The number of hydrogen-bond acceptors (Lipinski definition) is 3. The van der Waals surface area contributed by atoms with Crippen molar-refractivity contribution in [2.45, 2.75) is 69.7 Å². The van der Waals surface area contributed by atoms with Gasteiger partial charge in [0.1, 0.15) is 0 Å². The molecule has 3 aliphatic rings. The van der Waals surface area contributed by atoms with Crippen LogP contribution in [0, 0.1) is 11.8 Å². The van der Waals surface area contributed by atoms with Gasteiger partial charge >= 0.3 is 0 Å². The number of rotatable bonds is 6. The molecule has 4 heteroatoms. The van der Waals surface area contributed by atoms with E-state index in [0.29, 0.717) is 12.0 Å². The van der Waals surface area contributed by atoms with Gasteiger partial charge in [0.15, 0.2) is 0 Å². The van der Waals surface area contributed by atoms with Crippen molar-refractivity contribution in [2.75, 3.05) is 32.8 Å². The fourth-order valence-electron chi connectivity index (χ4n) is 5.58. The van der Waals surface area contributed by atoms with Crippen LogP contribution in [0.2, 0.25) is 0 Å². The lowest BCUT2D eigenvalue weighted by molar-refractivity contribution is -0.128. The first-order valence-electron chi connectivity index (χ1n) is 11.9. The van der Waals surface area contributed by atoms with Gasteiger partial charge in [-0.3, -0.25) is 4.79 Å². The molecule has 4 rings (SSSR count). The van der Waals surface area contributed by atoms with Crippen molar-refractivity contribution in [2.24, 2.45) is 11.8 Å². The zero-order valence-corrected chi connectivity index (χ0v) is 17.9. The lowest BCUT2D eigenvalue weighted by Gasteiger charge is -2.38. The van der Waals surface area contributed by atoms with E-state index in [2.05, 4.69) is 40.5 Å². The summed E-state index contributed by atoms with van der Waals surface area (Å²) in [6, 6.07) is 11.5. The smallest absolute Gasteiger partial charge is 0.223 e. The van der Waals surface area contributed by atoms with E-state index in [1.54, 1.807) is 0 Å². The number of carbonyl (C=O) groups excluding carboxylic acids is 1. The van der Waals surface area contributed by atoms with Crippen LogP contribution < -0.4 is 5.32 Å². The van der Waals surface area contributed by atoms with Crippen molar-refractivity contribution in [1.82, 2.24) is 10.2 Å². The van der Waals surface area contributed by atoms with Crippen LogP contribution in [0.4, 0.5) is 0 Å². The van der Waals surface area contributed by atoms with Gasteiger partial charge in [0.25, 0.3) is 0 Å². The van der Waals surface area contributed by atoms with Crippen molar-refractivity contribution in [1.29, 1.82) is 0 Å². The molecule has 1 aliphatic carbocycles. The average molecular weight is 399 g/mol. The lowest BCUT2D eigenvalue weighted by atomic mass is 9.76. The molecule has 29 heavy (non-hydrogen) atoms. The molecule has 3 fully saturated rings. The monoisotopic (exact) mass is 398 g/mol. The Morgan fingerprint density at radius 1 is 0.966 bits per heavy atom. The third-order valence-corrected chi connectivity index (χ3v) is 7.43. The van der Waals surface area contributed by atoms with E-state index in [-0.39, 0.29) is 11.8 Å². The molecule has 2 heterocycles. The van der Waals surface area contributed by atoms with Crippen LogP contribution in [0.1, 0.15) is 69.3 Å². The fraction of sp³-hybridized carbons (Fsp3) is 0.720. The van der Waals surface area contributed by atoms with Gasteiger partial charge in [-0.2, -0.15) is 0 Å². The molecule has 0 radical (unpaired) electrons. The first-order chi connectivity index (χ1) is 14.3. The highest BCUT2D eigenvalue weighted by Crippen LogP contribution is 2.37. The van der Waals surface area contributed by atoms with Gasteiger partial charge in [-0.1, -0.05) is 49.6 Å². The van der Waals surface area contributed by atoms with Crippen molar-refractivity contribution in [3.63, 3.8) is 0 Å². The Morgan fingerprint density at radius 3 is 2.34 bits per heavy atom. The molecule has 1 aromatic rings. The summed E-state index contributed by atoms with van der Waals surface area (Å²) in [6.07, 6.45) is 10.9. The number of piperidine rings is 1. The summed E-state index contributed by atoms with van der Waals surface area (Å²) < 4.78 is 5.39. The number of carbonyl (C=O) groups is 1. The van der Waals surface area contributed by atoms with E-state index in [0.717, 1.165) is 57.9 Å². The van der Waals surface area contributed by atoms with Gasteiger partial charge in [-0.05, 0) is 55.9 Å². The predicted molar refractivity (Wildman–Crippen MR) is 117 cm³/mol. The van der Waals surface area contributed by atoms with Crippen LogP contribution >= 0.6 is 0 Å². The molecule has 1 N–H and O–H groups in total. The maximum atomic E-state index is 12.5. The number of nitrogens with zero attached hydrogens (tertiary/aromatic N) is 1. The van der Waals surface area contributed by atoms with Gasteiger partial charge in [0.05, 0.1) is 0 Å². The molecule has 0 aromatic heterocycles. The van der Waals surface area contributed by atoms with Gasteiger partial charge in [0, 0.05) is 44.8 Å². The largest absolute Gasteiger partial charge is 0.381 e. The first-order valence-corrected chi connectivity index (χ1v) is 11.9. The SMILES string of the molecule is O=C(NC1CCN(CC(c2ccccc2)C2CCCCC2)CC1)C1CCOCC1. The zero-order chi connectivity index (χ0) is 19.9. The van der Waals surface area contributed by atoms with E-state index < -0.39 is 0 Å². The Balaban J connectivity index is 1.29. The van der Waals surface area contributed by atoms with Crippen molar-refractivity contribution >= 4 is 5.91 Å². The van der Waals surface area contributed by atoms with Gasteiger partial charge in [0.2, 0.25) is 5.91 Å². The summed E-state index contributed by atoms with van der Waals surface area (Å²) in [7, 11) is 0. The number of benzene rings is 1. The number of hydrogen-bond donors (Lipinski definition) is 1. The molecular formula is C25H38N2O2. The summed E-state index contributed by atoms with van der Waals surface area (Å²) in [5.74, 6) is 1.91. The molecule has 1 saturated carbocycles. The van der Waals surface area contributed by atoms with Crippen molar-refractivity contribution < 1.29 is 9.53 Å². The molecule has 2 aliphatic heterocycles. The maximum absolute atomic E-state index is 12.5. The Kier molecular flexibility index (Phi) is 7.61. The second-order valence-electron chi connectivity index (χ2n) is 9.39. The Hall–Kier alpha value is -1.39. The highest BCUT2D eigenvalue weighted by Gasteiger charge is 2.30. The molecule has 0 spiro atoms. The highest BCUT2D eigenvalue weighted by atomic mass is 16.5. The van der Waals surface area contributed by atoms with E-state index in [1.807, 2.05) is 0 Å². The van der Waals surface area contributed by atoms with E-state index in [9.17, 15) is 4.79 Å².